The summed E-state index contributed by atoms with van der Waals surface area (Å²) in [4.78, 5) is 22.2. The molecule has 0 saturated heterocycles. The second-order valence-electron chi connectivity index (χ2n) is 3.78. The lowest BCUT2D eigenvalue weighted by molar-refractivity contribution is -0.143. The second kappa shape index (κ2) is 3.96. The van der Waals surface area contributed by atoms with Gasteiger partial charge in [-0.2, -0.15) is 0 Å². The molecular weight excluding hydrogens is 184 g/mol. The van der Waals surface area contributed by atoms with E-state index in [1.165, 1.54) is 0 Å². The summed E-state index contributed by atoms with van der Waals surface area (Å²) in [5.41, 5.74) is 4.93. The minimum Gasteiger partial charge on any atom is -0.480 e. The molecule has 0 radical (unpaired) electrons. The lowest BCUT2D eigenvalue weighted by Gasteiger charge is -2.36. The Balaban J connectivity index is 2.50. The van der Waals surface area contributed by atoms with E-state index >= 15 is 0 Å². The molecular formula is C9H16N2O3. The van der Waals surface area contributed by atoms with Crippen LogP contribution < -0.4 is 11.1 Å². The van der Waals surface area contributed by atoms with E-state index < -0.39 is 17.6 Å². The van der Waals surface area contributed by atoms with Crippen LogP contribution in [0, 0.1) is 0 Å². The summed E-state index contributed by atoms with van der Waals surface area (Å²) in [7, 11) is 0. The molecule has 0 spiro atoms. The van der Waals surface area contributed by atoms with Gasteiger partial charge in [0.1, 0.15) is 6.04 Å². The molecule has 80 valence electrons. The van der Waals surface area contributed by atoms with Gasteiger partial charge in [-0.15, -0.1) is 0 Å². The highest BCUT2D eigenvalue weighted by Gasteiger charge is 2.41. The van der Waals surface area contributed by atoms with Crippen molar-refractivity contribution in [1.82, 2.24) is 5.32 Å². The molecule has 1 saturated carbocycles. The third kappa shape index (κ3) is 2.04. The summed E-state index contributed by atoms with van der Waals surface area (Å²) in [5.74, 6) is -1.35. The summed E-state index contributed by atoms with van der Waals surface area (Å²) >= 11 is 0. The predicted molar refractivity (Wildman–Crippen MR) is 50.6 cm³/mol. The monoisotopic (exact) mass is 200 g/mol. The maximum absolute atomic E-state index is 11.5. The molecule has 0 heterocycles. The first-order chi connectivity index (χ1) is 6.49. The van der Waals surface area contributed by atoms with Crippen LogP contribution in [0.3, 0.4) is 0 Å². The maximum Gasteiger partial charge on any atom is 0.326 e. The van der Waals surface area contributed by atoms with Crippen molar-refractivity contribution in [3.05, 3.63) is 0 Å². The average molecular weight is 200 g/mol. The zero-order chi connectivity index (χ0) is 10.8. The van der Waals surface area contributed by atoms with Gasteiger partial charge in [-0.3, -0.25) is 4.79 Å². The minimum atomic E-state index is -1.01. The molecule has 0 aromatic heterocycles. The fourth-order valence-electron chi connectivity index (χ4n) is 1.43. The number of amides is 1. The van der Waals surface area contributed by atoms with Gasteiger partial charge < -0.3 is 16.2 Å². The maximum atomic E-state index is 11.5. The Morgan fingerprint density at radius 1 is 1.57 bits per heavy atom. The van der Waals surface area contributed by atoms with Crippen LogP contribution in [0.25, 0.3) is 0 Å². The lowest BCUT2D eigenvalue weighted by Crippen LogP contribution is -2.61. The number of rotatable bonds is 4. The number of carboxylic acid groups (broad SMARTS) is 1. The average Bonchev–Trinajstić information content (AvgIpc) is 2.09. The molecule has 0 aromatic carbocycles. The number of aliphatic carboxylic acids is 1. The van der Waals surface area contributed by atoms with E-state index in [1.54, 1.807) is 6.92 Å². The smallest absolute Gasteiger partial charge is 0.326 e. The molecule has 0 bridgehead atoms. The van der Waals surface area contributed by atoms with Crippen molar-refractivity contribution in [2.75, 3.05) is 0 Å². The lowest BCUT2D eigenvalue weighted by atomic mass is 9.77. The Morgan fingerprint density at radius 3 is 2.43 bits per heavy atom. The van der Waals surface area contributed by atoms with Crippen LogP contribution in [0.15, 0.2) is 0 Å². The van der Waals surface area contributed by atoms with E-state index in [1.807, 2.05) is 0 Å². The largest absolute Gasteiger partial charge is 0.480 e. The van der Waals surface area contributed by atoms with Crippen molar-refractivity contribution in [3.8, 4) is 0 Å². The summed E-state index contributed by atoms with van der Waals surface area (Å²) in [6, 6.07) is -0.816. The van der Waals surface area contributed by atoms with E-state index in [0.717, 1.165) is 6.42 Å². The fourth-order valence-corrected chi connectivity index (χ4v) is 1.43. The second-order valence-corrected chi connectivity index (χ2v) is 3.78. The van der Waals surface area contributed by atoms with Crippen LogP contribution in [0.4, 0.5) is 0 Å². The number of carbonyl (C=O) groups excluding carboxylic acids is 1. The van der Waals surface area contributed by atoms with Crippen LogP contribution in [0.1, 0.15) is 32.6 Å². The first-order valence-electron chi connectivity index (χ1n) is 4.82. The Hall–Kier alpha value is -1.10. The number of carbonyl (C=O) groups is 2. The van der Waals surface area contributed by atoms with E-state index in [9.17, 15) is 9.59 Å². The van der Waals surface area contributed by atoms with Crippen molar-refractivity contribution in [3.63, 3.8) is 0 Å². The van der Waals surface area contributed by atoms with Gasteiger partial charge >= 0.3 is 5.97 Å². The minimum absolute atomic E-state index is 0.335. The quantitative estimate of drug-likeness (QED) is 0.588. The van der Waals surface area contributed by atoms with Gasteiger partial charge in [-0.25, -0.2) is 4.79 Å². The number of nitrogens with one attached hydrogen (secondary N) is 1. The molecule has 5 heteroatoms. The van der Waals surface area contributed by atoms with E-state index in [0.29, 0.717) is 19.3 Å². The van der Waals surface area contributed by atoms with Crippen molar-refractivity contribution >= 4 is 11.9 Å². The number of hydrogen-bond donors (Lipinski definition) is 3. The van der Waals surface area contributed by atoms with Gasteiger partial charge in [0.05, 0.1) is 5.54 Å². The molecule has 5 nitrogen and oxygen atoms in total. The molecule has 4 N–H and O–H groups in total. The van der Waals surface area contributed by atoms with Crippen molar-refractivity contribution < 1.29 is 14.7 Å². The molecule has 0 aromatic rings. The Bertz CT molecular complexity index is 248. The SMILES string of the molecule is CC[C@@H](NC(=O)C1(N)CCC1)C(=O)O. The van der Waals surface area contributed by atoms with Gasteiger partial charge in [0, 0.05) is 0 Å². The van der Waals surface area contributed by atoms with Gasteiger partial charge in [0.2, 0.25) is 5.91 Å². The van der Waals surface area contributed by atoms with Gasteiger partial charge in [-0.1, -0.05) is 6.92 Å². The topological polar surface area (TPSA) is 92.4 Å². The molecule has 1 rings (SSSR count). The molecule has 1 atom stereocenters. The zero-order valence-corrected chi connectivity index (χ0v) is 8.25. The highest BCUT2D eigenvalue weighted by molar-refractivity contribution is 5.90. The summed E-state index contributed by atoms with van der Waals surface area (Å²) in [6.07, 6.45) is 2.61. The third-order valence-corrected chi connectivity index (χ3v) is 2.71. The number of nitrogens with two attached hydrogens (primary N) is 1. The van der Waals surface area contributed by atoms with Gasteiger partial charge in [0.15, 0.2) is 0 Å². The molecule has 1 aliphatic carbocycles. The fraction of sp³-hybridized carbons (Fsp3) is 0.778. The van der Waals surface area contributed by atoms with Crippen LogP contribution in [0.5, 0.6) is 0 Å². The zero-order valence-electron chi connectivity index (χ0n) is 8.25. The highest BCUT2D eigenvalue weighted by atomic mass is 16.4. The third-order valence-electron chi connectivity index (χ3n) is 2.71. The van der Waals surface area contributed by atoms with E-state index in [2.05, 4.69) is 5.32 Å². The Kier molecular flexibility index (Phi) is 3.10. The predicted octanol–water partition coefficient (Wildman–Crippen LogP) is -0.153. The highest BCUT2D eigenvalue weighted by Crippen LogP contribution is 2.29. The summed E-state index contributed by atoms with van der Waals surface area (Å²) < 4.78 is 0. The van der Waals surface area contributed by atoms with Crippen molar-refractivity contribution in [1.29, 1.82) is 0 Å². The van der Waals surface area contributed by atoms with Crippen molar-refractivity contribution in [2.24, 2.45) is 5.73 Å². The molecule has 1 aliphatic rings. The van der Waals surface area contributed by atoms with Crippen LogP contribution in [-0.4, -0.2) is 28.6 Å². The summed E-state index contributed by atoms with van der Waals surface area (Å²) in [6.45, 7) is 1.71. The van der Waals surface area contributed by atoms with Crippen LogP contribution >= 0.6 is 0 Å². The molecule has 0 unspecified atom stereocenters. The molecule has 14 heavy (non-hydrogen) atoms. The van der Waals surface area contributed by atoms with Crippen LogP contribution in [-0.2, 0) is 9.59 Å². The Labute approximate surface area is 82.7 Å². The van der Waals surface area contributed by atoms with E-state index in [4.69, 9.17) is 10.8 Å². The van der Waals surface area contributed by atoms with Crippen molar-refractivity contribution in [2.45, 2.75) is 44.2 Å². The van der Waals surface area contributed by atoms with Gasteiger partial charge in [0.25, 0.3) is 0 Å². The molecule has 1 fully saturated rings. The Morgan fingerprint density at radius 2 is 2.14 bits per heavy atom. The first kappa shape index (κ1) is 11.0. The molecule has 1 amide bonds. The number of hydrogen-bond acceptors (Lipinski definition) is 3. The van der Waals surface area contributed by atoms with Crippen LogP contribution in [0.2, 0.25) is 0 Å². The summed E-state index contributed by atoms with van der Waals surface area (Å²) in [5, 5.41) is 11.2. The number of carboxylic acids is 1. The normalized spacial score (nSPS) is 20.7. The van der Waals surface area contributed by atoms with E-state index in [-0.39, 0.29) is 5.91 Å². The van der Waals surface area contributed by atoms with Gasteiger partial charge in [-0.05, 0) is 25.7 Å². The first-order valence-corrected chi connectivity index (χ1v) is 4.82. The standard InChI is InChI=1S/C9H16N2O3/c1-2-6(7(12)13)11-8(14)9(10)4-3-5-9/h6H,2-5,10H2,1H3,(H,11,14)(H,12,13)/t6-/m1/s1. The molecule has 0 aliphatic heterocycles.